The minimum atomic E-state index is -0.426. The molecule has 1 amide bonds. The number of nitrogens with zero attached hydrogens (tertiary/aromatic N) is 1. The minimum Gasteiger partial charge on any atom is -0.444 e. The summed E-state index contributed by atoms with van der Waals surface area (Å²) in [4.78, 5) is 14.0. The van der Waals surface area contributed by atoms with Crippen LogP contribution in [0.2, 0.25) is 0 Å². The van der Waals surface area contributed by atoms with Gasteiger partial charge in [0.2, 0.25) is 0 Å². The van der Waals surface area contributed by atoms with Gasteiger partial charge in [-0.2, -0.15) is 0 Å². The van der Waals surface area contributed by atoms with Crippen molar-refractivity contribution in [3.05, 3.63) is 0 Å². The van der Waals surface area contributed by atoms with Gasteiger partial charge >= 0.3 is 6.09 Å². The summed E-state index contributed by atoms with van der Waals surface area (Å²) in [5.74, 6) is 0.367. The highest BCUT2D eigenvalue weighted by atomic mass is 16.6. The lowest BCUT2D eigenvalue weighted by Crippen LogP contribution is -2.48. The number of aliphatic hydroxyl groups excluding tert-OH is 1. The maximum atomic E-state index is 12.1. The number of amides is 1. The Hall–Kier alpha value is -0.770. The molecule has 2 rings (SSSR count). The Balaban J connectivity index is 2.01. The first-order chi connectivity index (χ1) is 7.90. The summed E-state index contributed by atoms with van der Waals surface area (Å²) in [5.41, 5.74) is -0.426. The van der Waals surface area contributed by atoms with E-state index in [-0.39, 0.29) is 24.8 Å². The lowest BCUT2D eigenvalue weighted by Gasteiger charge is -2.39. The normalized spacial score (nSPS) is 32.7. The Morgan fingerprint density at radius 3 is 2.24 bits per heavy atom. The van der Waals surface area contributed by atoms with Crippen molar-refractivity contribution in [2.75, 3.05) is 6.61 Å². The molecule has 17 heavy (non-hydrogen) atoms. The molecule has 4 nitrogen and oxygen atoms in total. The molecule has 0 aromatic heterocycles. The quantitative estimate of drug-likeness (QED) is 0.765. The number of ether oxygens (including phenoxy) is 1. The van der Waals surface area contributed by atoms with Crippen LogP contribution >= 0.6 is 0 Å². The van der Waals surface area contributed by atoms with E-state index in [9.17, 15) is 9.90 Å². The van der Waals surface area contributed by atoms with Gasteiger partial charge in [0.1, 0.15) is 5.60 Å². The molecular formula is C13H23NO3. The van der Waals surface area contributed by atoms with E-state index >= 15 is 0 Å². The first-order valence-electron chi connectivity index (χ1n) is 6.53. The van der Waals surface area contributed by atoms with Gasteiger partial charge in [0, 0.05) is 18.7 Å². The van der Waals surface area contributed by atoms with Gasteiger partial charge in [0.05, 0.1) is 0 Å². The van der Waals surface area contributed by atoms with E-state index in [1.807, 2.05) is 25.7 Å². The summed E-state index contributed by atoms with van der Waals surface area (Å²) >= 11 is 0. The molecule has 0 radical (unpaired) electrons. The molecule has 2 heterocycles. The predicted molar refractivity (Wildman–Crippen MR) is 64.7 cm³/mol. The van der Waals surface area contributed by atoms with Crippen LogP contribution in [0, 0.1) is 5.92 Å². The van der Waals surface area contributed by atoms with Gasteiger partial charge in [-0.25, -0.2) is 4.79 Å². The first-order valence-corrected chi connectivity index (χ1v) is 6.53. The molecule has 0 aromatic rings. The molecular weight excluding hydrogens is 218 g/mol. The van der Waals surface area contributed by atoms with Gasteiger partial charge < -0.3 is 14.7 Å². The second-order valence-electron chi connectivity index (χ2n) is 6.29. The van der Waals surface area contributed by atoms with E-state index in [2.05, 4.69) is 0 Å². The third-order valence-electron chi connectivity index (χ3n) is 3.69. The van der Waals surface area contributed by atoms with Crippen LogP contribution in [-0.2, 0) is 4.74 Å². The summed E-state index contributed by atoms with van der Waals surface area (Å²) < 4.78 is 5.45. The van der Waals surface area contributed by atoms with Crippen LogP contribution in [0.3, 0.4) is 0 Å². The second kappa shape index (κ2) is 4.48. The van der Waals surface area contributed by atoms with Crippen LogP contribution in [0.5, 0.6) is 0 Å². The Labute approximate surface area is 103 Å². The summed E-state index contributed by atoms with van der Waals surface area (Å²) in [6.45, 7) is 5.93. The van der Waals surface area contributed by atoms with Crippen LogP contribution in [0.25, 0.3) is 0 Å². The number of hydrogen-bond acceptors (Lipinski definition) is 3. The molecule has 0 unspecified atom stereocenters. The zero-order chi connectivity index (χ0) is 12.6. The highest BCUT2D eigenvalue weighted by Crippen LogP contribution is 2.39. The molecule has 2 bridgehead atoms. The summed E-state index contributed by atoms with van der Waals surface area (Å²) in [5, 5.41) is 9.23. The SMILES string of the molecule is CC(C)(C)OC(=O)N1[C@@H]2CC[C@@H]1CC(CO)C2. The summed E-state index contributed by atoms with van der Waals surface area (Å²) in [6, 6.07) is 0.557. The van der Waals surface area contributed by atoms with Crippen molar-refractivity contribution >= 4 is 6.09 Å². The molecule has 2 atom stereocenters. The smallest absolute Gasteiger partial charge is 0.410 e. The number of hydrogen-bond donors (Lipinski definition) is 1. The third-order valence-corrected chi connectivity index (χ3v) is 3.69. The first kappa shape index (κ1) is 12.7. The van der Waals surface area contributed by atoms with E-state index in [1.165, 1.54) is 0 Å². The average Bonchev–Trinajstić information content (AvgIpc) is 2.47. The molecule has 98 valence electrons. The minimum absolute atomic E-state index is 0.179. The Kier molecular flexibility index (Phi) is 3.34. The van der Waals surface area contributed by atoms with Gasteiger partial charge in [0.15, 0.2) is 0 Å². The number of carbonyl (C=O) groups excluding carboxylic acids is 1. The molecule has 0 aromatic carbocycles. The van der Waals surface area contributed by atoms with Crippen LogP contribution < -0.4 is 0 Å². The van der Waals surface area contributed by atoms with Gasteiger partial charge in [-0.05, 0) is 52.4 Å². The average molecular weight is 241 g/mol. The maximum absolute atomic E-state index is 12.1. The fourth-order valence-corrected chi connectivity index (χ4v) is 3.05. The van der Waals surface area contributed by atoms with Crippen molar-refractivity contribution in [2.24, 2.45) is 5.92 Å². The van der Waals surface area contributed by atoms with Crippen molar-refractivity contribution < 1.29 is 14.6 Å². The Morgan fingerprint density at radius 2 is 1.82 bits per heavy atom. The number of fused-ring (bicyclic) bond motifs is 2. The van der Waals surface area contributed by atoms with Gasteiger partial charge in [-0.15, -0.1) is 0 Å². The van der Waals surface area contributed by atoms with Crippen molar-refractivity contribution in [3.63, 3.8) is 0 Å². The molecule has 2 aliphatic heterocycles. The molecule has 1 N–H and O–H groups in total. The van der Waals surface area contributed by atoms with Crippen LogP contribution in [0.4, 0.5) is 4.79 Å². The molecule has 2 fully saturated rings. The van der Waals surface area contributed by atoms with Crippen molar-refractivity contribution in [1.29, 1.82) is 0 Å². The molecule has 0 saturated carbocycles. The van der Waals surface area contributed by atoms with Gasteiger partial charge in [-0.1, -0.05) is 0 Å². The number of carbonyl (C=O) groups is 1. The van der Waals surface area contributed by atoms with E-state index < -0.39 is 5.60 Å². The largest absolute Gasteiger partial charge is 0.444 e. The van der Waals surface area contributed by atoms with Crippen LogP contribution in [0.1, 0.15) is 46.5 Å². The Morgan fingerprint density at radius 1 is 1.29 bits per heavy atom. The van der Waals surface area contributed by atoms with Crippen molar-refractivity contribution in [3.8, 4) is 0 Å². The standard InChI is InChI=1S/C13H23NO3/c1-13(2,3)17-12(16)14-10-4-5-11(14)7-9(6-10)8-15/h9-11,15H,4-8H2,1-3H3/t10-,11-/m1/s1. The fourth-order valence-electron chi connectivity index (χ4n) is 3.05. The van der Waals surface area contributed by atoms with E-state index in [0.717, 1.165) is 25.7 Å². The maximum Gasteiger partial charge on any atom is 0.410 e. The van der Waals surface area contributed by atoms with E-state index in [4.69, 9.17) is 4.74 Å². The van der Waals surface area contributed by atoms with Gasteiger partial charge in [0.25, 0.3) is 0 Å². The lowest BCUT2D eigenvalue weighted by atomic mass is 9.92. The lowest BCUT2D eigenvalue weighted by molar-refractivity contribution is -0.00190. The third kappa shape index (κ3) is 2.73. The molecule has 4 heteroatoms. The number of aliphatic hydroxyl groups is 1. The van der Waals surface area contributed by atoms with E-state index in [1.54, 1.807) is 0 Å². The van der Waals surface area contributed by atoms with Crippen molar-refractivity contribution in [2.45, 2.75) is 64.1 Å². The molecule has 0 spiro atoms. The zero-order valence-electron chi connectivity index (χ0n) is 11.0. The zero-order valence-corrected chi connectivity index (χ0v) is 11.0. The number of piperidine rings is 1. The number of rotatable bonds is 1. The summed E-state index contributed by atoms with van der Waals surface area (Å²) in [6.07, 6.45) is 3.78. The van der Waals surface area contributed by atoms with Crippen molar-refractivity contribution in [1.82, 2.24) is 4.90 Å². The highest BCUT2D eigenvalue weighted by molar-refractivity contribution is 5.69. The van der Waals surface area contributed by atoms with Gasteiger partial charge in [-0.3, -0.25) is 0 Å². The molecule has 0 aliphatic carbocycles. The topological polar surface area (TPSA) is 49.8 Å². The molecule has 2 saturated heterocycles. The van der Waals surface area contributed by atoms with Crippen LogP contribution in [0.15, 0.2) is 0 Å². The highest BCUT2D eigenvalue weighted by Gasteiger charge is 2.44. The molecule has 2 aliphatic rings. The predicted octanol–water partition coefficient (Wildman–Crippen LogP) is 2.16. The Bertz CT molecular complexity index is 284. The fraction of sp³-hybridized carbons (Fsp3) is 0.923. The summed E-state index contributed by atoms with van der Waals surface area (Å²) in [7, 11) is 0. The van der Waals surface area contributed by atoms with Crippen LogP contribution in [-0.4, -0.2) is 40.4 Å². The second-order valence-corrected chi connectivity index (χ2v) is 6.29. The van der Waals surface area contributed by atoms with E-state index in [0.29, 0.717) is 5.92 Å². The monoisotopic (exact) mass is 241 g/mol.